The Hall–Kier alpha value is -2.03. The number of hydrogen-bond acceptors (Lipinski definition) is 2. The van der Waals surface area contributed by atoms with E-state index in [0.29, 0.717) is 6.54 Å². The molecule has 1 amide bonds. The molecule has 0 heterocycles. The fourth-order valence-corrected chi connectivity index (χ4v) is 1.87. The van der Waals surface area contributed by atoms with Crippen LogP contribution >= 0.6 is 0 Å². The minimum Gasteiger partial charge on any atom is -0.452 e. The van der Waals surface area contributed by atoms with Crippen LogP contribution in [0.15, 0.2) is 42.5 Å². The first-order valence-corrected chi connectivity index (χ1v) is 5.60. The van der Waals surface area contributed by atoms with Crippen molar-refractivity contribution in [2.75, 3.05) is 18.6 Å². The predicted molar refractivity (Wildman–Crippen MR) is 69.4 cm³/mol. The van der Waals surface area contributed by atoms with Crippen molar-refractivity contribution in [3.05, 3.63) is 42.5 Å². The van der Waals surface area contributed by atoms with Gasteiger partial charge in [-0.2, -0.15) is 0 Å². The summed E-state index contributed by atoms with van der Waals surface area (Å²) in [5, 5.41) is 2.28. The second-order valence-corrected chi connectivity index (χ2v) is 3.75. The highest BCUT2D eigenvalue weighted by Crippen LogP contribution is 2.22. The Morgan fingerprint density at radius 2 is 1.88 bits per heavy atom. The highest BCUT2D eigenvalue weighted by Gasteiger charge is 2.13. The summed E-state index contributed by atoms with van der Waals surface area (Å²) in [6.45, 7) is 2.51. The molecule has 0 N–H and O–H groups in total. The summed E-state index contributed by atoms with van der Waals surface area (Å²) >= 11 is 0. The van der Waals surface area contributed by atoms with Crippen LogP contribution < -0.4 is 4.90 Å². The number of anilines is 1. The molecule has 0 bridgehead atoms. The third-order valence-electron chi connectivity index (χ3n) is 2.76. The first kappa shape index (κ1) is 11.5. The molecule has 88 valence electrons. The van der Waals surface area contributed by atoms with Crippen LogP contribution in [0.2, 0.25) is 0 Å². The number of ether oxygens (including phenoxy) is 1. The lowest BCUT2D eigenvalue weighted by Gasteiger charge is -2.19. The third-order valence-corrected chi connectivity index (χ3v) is 2.76. The standard InChI is InChI=1S/C14H15NO2/c1-3-15(14(16)17-2)13-9-8-11-6-4-5-7-12(11)10-13/h4-10H,3H2,1-2H3. The summed E-state index contributed by atoms with van der Waals surface area (Å²) in [5.41, 5.74) is 0.859. The molecule has 2 aromatic carbocycles. The highest BCUT2D eigenvalue weighted by molar-refractivity contribution is 5.92. The van der Waals surface area contributed by atoms with E-state index in [1.54, 1.807) is 4.90 Å². The monoisotopic (exact) mass is 229 g/mol. The number of benzene rings is 2. The molecule has 2 aromatic rings. The van der Waals surface area contributed by atoms with Crippen molar-refractivity contribution in [1.82, 2.24) is 0 Å². The summed E-state index contributed by atoms with van der Waals surface area (Å²) in [7, 11) is 1.39. The smallest absolute Gasteiger partial charge is 0.413 e. The SMILES string of the molecule is CCN(C(=O)OC)c1ccc2ccccc2c1. The maximum Gasteiger partial charge on any atom is 0.413 e. The number of carbonyl (C=O) groups is 1. The Morgan fingerprint density at radius 1 is 1.18 bits per heavy atom. The van der Waals surface area contributed by atoms with E-state index < -0.39 is 0 Å². The van der Waals surface area contributed by atoms with Crippen LogP contribution in [0.5, 0.6) is 0 Å². The fourth-order valence-electron chi connectivity index (χ4n) is 1.87. The van der Waals surface area contributed by atoms with Crippen LogP contribution in [-0.2, 0) is 4.74 Å². The van der Waals surface area contributed by atoms with E-state index in [1.807, 2.05) is 49.4 Å². The number of amides is 1. The molecule has 0 fully saturated rings. The lowest BCUT2D eigenvalue weighted by Crippen LogP contribution is -2.30. The van der Waals surface area contributed by atoms with Crippen molar-refractivity contribution in [2.24, 2.45) is 0 Å². The van der Waals surface area contributed by atoms with E-state index in [-0.39, 0.29) is 6.09 Å². The molecule has 3 heteroatoms. The van der Waals surface area contributed by atoms with Crippen molar-refractivity contribution >= 4 is 22.6 Å². The molecular formula is C14H15NO2. The van der Waals surface area contributed by atoms with E-state index in [1.165, 1.54) is 7.11 Å². The zero-order chi connectivity index (χ0) is 12.3. The van der Waals surface area contributed by atoms with E-state index in [9.17, 15) is 4.79 Å². The van der Waals surface area contributed by atoms with Gasteiger partial charge in [-0.15, -0.1) is 0 Å². The van der Waals surface area contributed by atoms with Gasteiger partial charge in [-0.25, -0.2) is 4.79 Å². The minimum absolute atomic E-state index is 0.331. The van der Waals surface area contributed by atoms with Crippen LogP contribution in [0.1, 0.15) is 6.92 Å². The van der Waals surface area contributed by atoms with E-state index >= 15 is 0 Å². The highest BCUT2D eigenvalue weighted by atomic mass is 16.5. The maximum absolute atomic E-state index is 11.6. The summed E-state index contributed by atoms with van der Waals surface area (Å²) in [5.74, 6) is 0. The second kappa shape index (κ2) is 4.87. The quantitative estimate of drug-likeness (QED) is 0.789. The van der Waals surface area contributed by atoms with Crippen LogP contribution in [0.25, 0.3) is 10.8 Å². The lowest BCUT2D eigenvalue weighted by molar-refractivity contribution is 0.179. The van der Waals surface area contributed by atoms with E-state index in [2.05, 4.69) is 0 Å². The zero-order valence-electron chi connectivity index (χ0n) is 10.0. The van der Waals surface area contributed by atoms with Gasteiger partial charge in [0.1, 0.15) is 0 Å². The van der Waals surface area contributed by atoms with Gasteiger partial charge in [-0.3, -0.25) is 4.90 Å². The van der Waals surface area contributed by atoms with Crippen molar-refractivity contribution in [1.29, 1.82) is 0 Å². The topological polar surface area (TPSA) is 29.5 Å². The molecule has 0 unspecified atom stereocenters. The van der Waals surface area contributed by atoms with Crippen LogP contribution in [0.4, 0.5) is 10.5 Å². The molecule has 0 radical (unpaired) electrons. The number of rotatable bonds is 2. The zero-order valence-corrected chi connectivity index (χ0v) is 10.0. The Bertz CT molecular complexity index is 536. The molecule has 3 nitrogen and oxygen atoms in total. The fraction of sp³-hybridized carbons (Fsp3) is 0.214. The van der Waals surface area contributed by atoms with Gasteiger partial charge < -0.3 is 4.74 Å². The summed E-state index contributed by atoms with van der Waals surface area (Å²) in [6, 6.07) is 14.0. The van der Waals surface area contributed by atoms with Gasteiger partial charge >= 0.3 is 6.09 Å². The van der Waals surface area contributed by atoms with Crippen molar-refractivity contribution in [3.63, 3.8) is 0 Å². The Kier molecular flexibility index (Phi) is 3.28. The normalized spacial score (nSPS) is 10.2. The van der Waals surface area contributed by atoms with Crippen molar-refractivity contribution < 1.29 is 9.53 Å². The van der Waals surface area contributed by atoms with Gasteiger partial charge in [-0.1, -0.05) is 30.3 Å². The van der Waals surface area contributed by atoms with Crippen LogP contribution in [0, 0.1) is 0 Å². The summed E-state index contributed by atoms with van der Waals surface area (Å²) in [4.78, 5) is 13.2. The van der Waals surface area contributed by atoms with Gasteiger partial charge in [0.2, 0.25) is 0 Å². The number of nitrogens with zero attached hydrogens (tertiary/aromatic N) is 1. The lowest BCUT2D eigenvalue weighted by atomic mass is 10.1. The Labute approximate surface area is 101 Å². The number of methoxy groups -OCH3 is 1. The van der Waals surface area contributed by atoms with E-state index in [0.717, 1.165) is 16.5 Å². The van der Waals surface area contributed by atoms with Gasteiger partial charge in [0, 0.05) is 12.2 Å². The molecule has 0 aliphatic carbocycles. The van der Waals surface area contributed by atoms with Crippen LogP contribution in [-0.4, -0.2) is 19.7 Å². The molecule has 0 saturated carbocycles. The van der Waals surface area contributed by atoms with E-state index in [4.69, 9.17) is 4.74 Å². The molecule has 0 aliphatic rings. The molecular weight excluding hydrogens is 214 g/mol. The largest absolute Gasteiger partial charge is 0.452 e. The van der Waals surface area contributed by atoms with Gasteiger partial charge in [0.05, 0.1) is 7.11 Å². The minimum atomic E-state index is -0.331. The Morgan fingerprint density at radius 3 is 2.53 bits per heavy atom. The number of hydrogen-bond donors (Lipinski definition) is 0. The van der Waals surface area contributed by atoms with Crippen LogP contribution in [0.3, 0.4) is 0 Å². The maximum atomic E-state index is 11.6. The molecule has 2 rings (SSSR count). The number of carbonyl (C=O) groups excluding carboxylic acids is 1. The van der Waals surface area contributed by atoms with Crippen molar-refractivity contribution in [3.8, 4) is 0 Å². The predicted octanol–water partition coefficient (Wildman–Crippen LogP) is 3.43. The first-order chi connectivity index (χ1) is 8.26. The van der Waals surface area contributed by atoms with Gasteiger partial charge in [0.15, 0.2) is 0 Å². The molecule has 0 spiro atoms. The molecule has 17 heavy (non-hydrogen) atoms. The third kappa shape index (κ3) is 2.23. The summed E-state index contributed by atoms with van der Waals surface area (Å²) in [6.07, 6.45) is -0.331. The molecule has 0 saturated heterocycles. The second-order valence-electron chi connectivity index (χ2n) is 3.75. The average Bonchev–Trinajstić information content (AvgIpc) is 2.39. The van der Waals surface area contributed by atoms with Crippen molar-refractivity contribution in [2.45, 2.75) is 6.92 Å². The first-order valence-electron chi connectivity index (χ1n) is 5.60. The van der Waals surface area contributed by atoms with Gasteiger partial charge in [-0.05, 0) is 29.8 Å². The Balaban J connectivity index is 2.44. The molecule has 0 aliphatic heterocycles. The average molecular weight is 229 g/mol. The molecule has 0 aromatic heterocycles. The van der Waals surface area contributed by atoms with Gasteiger partial charge in [0.25, 0.3) is 0 Å². The summed E-state index contributed by atoms with van der Waals surface area (Å²) < 4.78 is 4.76. The molecule has 0 atom stereocenters. The number of fused-ring (bicyclic) bond motifs is 1.